The largest absolute Gasteiger partial charge is 0.477 e. The lowest BCUT2D eigenvalue weighted by atomic mass is 9.95. The number of nitrogens with one attached hydrogen (secondary N) is 1. The van der Waals surface area contributed by atoms with Gasteiger partial charge in [0.05, 0.1) is 4.92 Å². The molecule has 0 saturated heterocycles. The van der Waals surface area contributed by atoms with E-state index in [-0.39, 0.29) is 47.3 Å². The van der Waals surface area contributed by atoms with Crippen LogP contribution >= 0.6 is 0 Å². The molecule has 7 nitrogen and oxygen atoms in total. The van der Waals surface area contributed by atoms with Gasteiger partial charge < -0.3 is 10.1 Å². The molecule has 0 spiro atoms. The van der Waals surface area contributed by atoms with Crippen LogP contribution in [0.4, 0.5) is 5.69 Å². The Hall–Kier alpha value is -2.44. The zero-order valence-electron chi connectivity index (χ0n) is 14.6. The number of rotatable bonds is 7. The molecule has 7 heteroatoms. The van der Waals surface area contributed by atoms with E-state index < -0.39 is 4.92 Å². The minimum atomic E-state index is -0.606. The number of nitro groups is 1. The fourth-order valence-electron chi connectivity index (χ4n) is 2.93. The van der Waals surface area contributed by atoms with E-state index in [1.807, 2.05) is 0 Å². The van der Waals surface area contributed by atoms with Crippen LogP contribution < -0.4 is 10.1 Å². The molecule has 0 aromatic heterocycles. The third-order valence-corrected chi connectivity index (χ3v) is 4.29. The van der Waals surface area contributed by atoms with Gasteiger partial charge in [0.1, 0.15) is 0 Å². The number of nitro benzene ring substituents is 1. The molecule has 1 aromatic rings. The number of amides is 1. The minimum Gasteiger partial charge on any atom is -0.477 e. The third-order valence-electron chi connectivity index (χ3n) is 4.29. The van der Waals surface area contributed by atoms with E-state index >= 15 is 0 Å². The highest BCUT2D eigenvalue weighted by atomic mass is 16.6. The maximum absolute atomic E-state index is 12.0. The van der Waals surface area contributed by atoms with E-state index in [0.29, 0.717) is 0 Å². The van der Waals surface area contributed by atoms with Crippen LogP contribution in [-0.4, -0.2) is 29.3 Å². The molecule has 1 amide bonds. The topological polar surface area (TPSA) is 98.5 Å². The highest BCUT2D eigenvalue weighted by Crippen LogP contribution is 2.29. The lowest BCUT2D eigenvalue weighted by molar-refractivity contribution is -0.385. The van der Waals surface area contributed by atoms with Gasteiger partial charge >= 0.3 is 5.69 Å². The van der Waals surface area contributed by atoms with Gasteiger partial charge in [0, 0.05) is 23.6 Å². The zero-order chi connectivity index (χ0) is 18.4. The van der Waals surface area contributed by atoms with E-state index in [2.05, 4.69) is 5.32 Å². The molecular weight excluding hydrogens is 324 g/mol. The normalized spacial score (nSPS) is 15.0. The number of hydrogen-bond donors (Lipinski definition) is 1. The standard InChI is InChI=1S/C18H24N2O5/c1-12(2)18(22)13-8-9-16(15(10-13)20(23)24)25-11-17(21)19-14-6-4-3-5-7-14/h8-10,12,14H,3-7,11H2,1-2H3,(H,19,21). The molecule has 0 atom stereocenters. The van der Waals surface area contributed by atoms with Crippen molar-refractivity contribution in [1.82, 2.24) is 5.32 Å². The van der Waals surface area contributed by atoms with Crippen molar-refractivity contribution >= 4 is 17.4 Å². The lowest BCUT2D eigenvalue weighted by Gasteiger charge is -2.22. The third kappa shape index (κ3) is 5.27. The number of nitrogens with zero attached hydrogens (tertiary/aromatic N) is 1. The first-order valence-electron chi connectivity index (χ1n) is 8.63. The lowest BCUT2D eigenvalue weighted by Crippen LogP contribution is -2.39. The van der Waals surface area contributed by atoms with Gasteiger partial charge in [-0.2, -0.15) is 0 Å². The molecule has 0 bridgehead atoms. The van der Waals surface area contributed by atoms with E-state index in [1.54, 1.807) is 13.8 Å². The summed E-state index contributed by atoms with van der Waals surface area (Å²) in [5.74, 6) is -0.732. The van der Waals surface area contributed by atoms with Gasteiger partial charge in [0.25, 0.3) is 5.91 Å². The second kappa shape index (κ2) is 8.60. The maximum Gasteiger partial charge on any atom is 0.311 e. The number of carbonyl (C=O) groups excluding carboxylic acids is 2. The fraction of sp³-hybridized carbons (Fsp3) is 0.556. The molecule has 1 fully saturated rings. The first-order chi connectivity index (χ1) is 11.9. The Kier molecular flexibility index (Phi) is 6.50. The Bertz CT molecular complexity index is 651. The number of hydrogen-bond acceptors (Lipinski definition) is 5. The van der Waals surface area contributed by atoms with Crippen molar-refractivity contribution in [2.45, 2.75) is 52.0 Å². The van der Waals surface area contributed by atoms with E-state index in [1.165, 1.54) is 24.6 Å². The Balaban J connectivity index is 2.01. The van der Waals surface area contributed by atoms with Crippen LogP contribution in [0.5, 0.6) is 5.75 Å². The summed E-state index contributed by atoms with van der Waals surface area (Å²) in [5.41, 5.74) is -0.0438. The SMILES string of the molecule is CC(C)C(=O)c1ccc(OCC(=O)NC2CCCCC2)c([N+](=O)[O-])c1. The van der Waals surface area contributed by atoms with Crippen LogP contribution in [0.25, 0.3) is 0 Å². The van der Waals surface area contributed by atoms with Crippen LogP contribution in [0.15, 0.2) is 18.2 Å². The molecule has 136 valence electrons. The number of benzene rings is 1. The molecule has 1 aliphatic rings. The summed E-state index contributed by atoms with van der Waals surface area (Å²) < 4.78 is 5.33. The van der Waals surface area contributed by atoms with E-state index in [0.717, 1.165) is 25.7 Å². The summed E-state index contributed by atoms with van der Waals surface area (Å²) in [7, 11) is 0. The Morgan fingerprint density at radius 2 is 1.96 bits per heavy atom. The second-order valence-corrected chi connectivity index (χ2v) is 6.65. The molecule has 1 aliphatic carbocycles. The quantitative estimate of drug-likeness (QED) is 0.463. The summed E-state index contributed by atoms with van der Waals surface area (Å²) in [6.07, 6.45) is 5.30. The van der Waals surface area contributed by atoms with Gasteiger partial charge in [-0.3, -0.25) is 19.7 Å². The highest BCUT2D eigenvalue weighted by molar-refractivity contribution is 5.98. The first kappa shape index (κ1) is 18.9. The van der Waals surface area contributed by atoms with E-state index in [4.69, 9.17) is 4.74 Å². The first-order valence-corrected chi connectivity index (χ1v) is 8.63. The van der Waals surface area contributed by atoms with Gasteiger partial charge in [-0.05, 0) is 25.0 Å². The monoisotopic (exact) mass is 348 g/mol. The van der Waals surface area contributed by atoms with Crippen LogP contribution in [-0.2, 0) is 4.79 Å². The van der Waals surface area contributed by atoms with Crippen molar-refractivity contribution in [3.05, 3.63) is 33.9 Å². The summed E-state index contributed by atoms with van der Waals surface area (Å²) >= 11 is 0. The molecule has 1 N–H and O–H groups in total. The maximum atomic E-state index is 12.0. The summed E-state index contributed by atoms with van der Waals surface area (Å²) in [6.45, 7) is 3.18. The molecular formula is C18H24N2O5. The van der Waals surface area contributed by atoms with Crippen molar-refractivity contribution in [1.29, 1.82) is 0 Å². The number of Topliss-reactive ketones (excluding diaryl/α,β-unsaturated/α-hetero) is 1. The molecule has 1 saturated carbocycles. The summed E-state index contributed by atoms with van der Waals surface area (Å²) in [4.78, 5) is 34.6. The molecule has 1 aromatic carbocycles. The van der Waals surface area contributed by atoms with Gasteiger partial charge in [-0.15, -0.1) is 0 Å². The number of carbonyl (C=O) groups is 2. The van der Waals surface area contributed by atoms with Crippen molar-refractivity contribution in [3.63, 3.8) is 0 Å². The smallest absolute Gasteiger partial charge is 0.311 e. The van der Waals surface area contributed by atoms with E-state index in [9.17, 15) is 19.7 Å². The Morgan fingerprint density at radius 3 is 2.56 bits per heavy atom. The van der Waals surface area contributed by atoms with Gasteiger partial charge in [-0.1, -0.05) is 33.1 Å². The highest BCUT2D eigenvalue weighted by Gasteiger charge is 2.21. The molecule has 25 heavy (non-hydrogen) atoms. The fourth-order valence-corrected chi connectivity index (χ4v) is 2.93. The van der Waals surface area contributed by atoms with Crippen LogP contribution in [0, 0.1) is 16.0 Å². The predicted octanol–water partition coefficient (Wildman–Crippen LogP) is 3.26. The van der Waals surface area contributed by atoms with Crippen molar-refractivity contribution in [2.75, 3.05) is 6.61 Å². The average molecular weight is 348 g/mol. The zero-order valence-corrected chi connectivity index (χ0v) is 14.6. The molecule has 0 heterocycles. The van der Waals surface area contributed by atoms with Gasteiger partial charge in [0.15, 0.2) is 18.1 Å². The van der Waals surface area contributed by atoms with Gasteiger partial charge in [0.2, 0.25) is 0 Å². The average Bonchev–Trinajstić information content (AvgIpc) is 2.59. The molecule has 0 aliphatic heterocycles. The molecule has 2 rings (SSSR count). The molecule has 0 unspecified atom stereocenters. The number of ether oxygens (including phenoxy) is 1. The van der Waals surface area contributed by atoms with Crippen molar-refractivity contribution in [3.8, 4) is 5.75 Å². The van der Waals surface area contributed by atoms with Crippen molar-refractivity contribution < 1.29 is 19.2 Å². The van der Waals surface area contributed by atoms with Crippen LogP contribution in [0.2, 0.25) is 0 Å². The Labute approximate surface area is 146 Å². The molecule has 0 radical (unpaired) electrons. The van der Waals surface area contributed by atoms with Crippen molar-refractivity contribution in [2.24, 2.45) is 5.92 Å². The predicted molar refractivity (Wildman–Crippen MR) is 92.8 cm³/mol. The minimum absolute atomic E-state index is 0.0101. The number of ketones is 1. The van der Waals surface area contributed by atoms with Gasteiger partial charge in [-0.25, -0.2) is 0 Å². The van der Waals surface area contributed by atoms with Crippen LogP contribution in [0.1, 0.15) is 56.3 Å². The summed E-state index contributed by atoms with van der Waals surface area (Å²) in [5, 5.41) is 14.1. The Morgan fingerprint density at radius 1 is 1.28 bits per heavy atom. The van der Waals surface area contributed by atoms with Crippen LogP contribution in [0.3, 0.4) is 0 Å². The summed E-state index contributed by atoms with van der Waals surface area (Å²) in [6, 6.07) is 4.23. The second-order valence-electron chi connectivity index (χ2n) is 6.65.